The van der Waals surface area contributed by atoms with Gasteiger partial charge < -0.3 is 15.3 Å². The van der Waals surface area contributed by atoms with Gasteiger partial charge in [-0.1, -0.05) is 20.3 Å². The first kappa shape index (κ1) is 16.8. The Morgan fingerprint density at radius 2 is 2.10 bits per heavy atom. The molecule has 0 spiro atoms. The van der Waals surface area contributed by atoms with Gasteiger partial charge in [0.2, 0.25) is 5.91 Å². The molecule has 2 aliphatic rings. The highest BCUT2D eigenvalue weighted by atomic mass is 16.3. The second-order valence-corrected chi connectivity index (χ2v) is 6.92. The largest absolute Gasteiger partial charge is 0.393 e. The maximum absolute atomic E-state index is 12.2. The second-order valence-electron chi connectivity index (χ2n) is 6.92. The molecule has 4 heteroatoms. The molecule has 1 saturated carbocycles. The van der Waals surface area contributed by atoms with Crippen molar-refractivity contribution in [2.45, 2.75) is 70.9 Å². The first-order chi connectivity index (χ1) is 10.1. The number of rotatable bonds is 7. The lowest BCUT2D eigenvalue weighted by Crippen LogP contribution is -2.54. The van der Waals surface area contributed by atoms with Crippen LogP contribution in [-0.4, -0.2) is 47.7 Å². The number of aliphatic hydroxyl groups excluding tert-OH is 1. The SMILES string of the molecule is CCCC(=O)N1CC(NCC2CCC2)CC(C(O)CC)C1. The van der Waals surface area contributed by atoms with Crippen LogP contribution in [0.3, 0.4) is 0 Å². The molecule has 3 atom stereocenters. The summed E-state index contributed by atoms with van der Waals surface area (Å²) in [5.74, 6) is 1.31. The van der Waals surface area contributed by atoms with E-state index in [4.69, 9.17) is 0 Å². The summed E-state index contributed by atoms with van der Waals surface area (Å²) in [6.45, 7) is 6.70. The number of nitrogens with one attached hydrogen (secondary N) is 1. The zero-order chi connectivity index (χ0) is 15.2. The van der Waals surface area contributed by atoms with E-state index in [-0.39, 0.29) is 17.9 Å². The van der Waals surface area contributed by atoms with Gasteiger partial charge in [-0.3, -0.25) is 4.79 Å². The molecule has 0 aromatic rings. The molecule has 0 aromatic heterocycles. The van der Waals surface area contributed by atoms with Crippen molar-refractivity contribution in [3.05, 3.63) is 0 Å². The van der Waals surface area contributed by atoms with Gasteiger partial charge in [0.05, 0.1) is 6.10 Å². The molecule has 2 rings (SSSR count). The quantitative estimate of drug-likeness (QED) is 0.757. The van der Waals surface area contributed by atoms with E-state index in [1.54, 1.807) is 0 Å². The molecule has 1 aliphatic carbocycles. The van der Waals surface area contributed by atoms with E-state index >= 15 is 0 Å². The number of hydrogen-bond acceptors (Lipinski definition) is 3. The fraction of sp³-hybridized carbons (Fsp3) is 0.941. The zero-order valence-electron chi connectivity index (χ0n) is 13.7. The van der Waals surface area contributed by atoms with Crippen LogP contribution in [0.1, 0.15) is 58.8 Å². The van der Waals surface area contributed by atoms with E-state index in [0.717, 1.165) is 44.8 Å². The predicted molar refractivity (Wildman–Crippen MR) is 85.0 cm³/mol. The zero-order valence-corrected chi connectivity index (χ0v) is 13.7. The van der Waals surface area contributed by atoms with Crippen LogP contribution >= 0.6 is 0 Å². The van der Waals surface area contributed by atoms with Crippen molar-refractivity contribution in [2.24, 2.45) is 11.8 Å². The van der Waals surface area contributed by atoms with Crippen LogP contribution in [0.15, 0.2) is 0 Å². The summed E-state index contributed by atoms with van der Waals surface area (Å²) in [5.41, 5.74) is 0. The summed E-state index contributed by atoms with van der Waals surface area (Å²) < 4.78 is 0. The van der Waals surface area contributed by atoms with Crippen LogP contribution in [0.25, 0.3) is 0 Å². The smallest absolute Gasteiger partial charge is 0.222 e. The number of likely N-dealkylation sites (tertiary alicyclic amines) is 1. The summed E-state index contributed by atoms with van der Waals surface area (Å²) in [7, 11) is 0. The van der Waals surface area contributed by atoms with E-state index in [9.17, 15) is 9.90 Å². The Labute approximate surface area is 129 Å². The Bertz CT molecular complexity index is 331. The molecule has 1 amide bonds. The van der Waals surface area contributed by atoms with Crippen molar-refractivity contribution in [1.29, 1.82) is 0 Å². The lowest BCUT2D eigenvalue weighted by Gasteiger charge is -2.41. The van der Waals surface area contributed by atoms with Crippen molar-refractivity contribution in [1.82, 2.24) is 10.2 Å². The minimum absolute atomic E-state index is 0.225. The van der Waals surface area contributed by atoms with Crippen LogP contribution in [0.5, 0.6) is 0 Å². The molecule has 0 aromatic carbocycles. The molecule has 1 aliphatic heterocycles. The molecule has 122 valence electrons. The Kier molecular flexibility index (Phi) is 6.49. The molecular formula is C17H32N2O2. The van der Waals surface area contributed by atoms with E-state index in [1.165, 1.54) is 19.3 Å². The molecule has 21 heavy (non-hydrogen) atoms. The van der Waals surface area contributed by atoms with Crippen molar-refractivity contribution >= 4 is 5.91 Å². The summed E-state index contributed by atoms with van der Waals surface area (Å²) in [6.07, 6.45) is 7.08. The standard InChI is InChI=1S/C17H32N2O2/c1-3-6-17(21)19-11-14(16(20)4-2)9-15(12-19)18-10-13-7-5-8-13/h13-16,18,20H,3-12H2,1-2H3. The molecule has 0 radical (unpaired) electrons. The van der Waals surface area contributed by atoms with Gasteiger partial charge in [0.1, 0.15) is 0 Å². The number of carbonyl (C=O) groups excluding carboxylic acids is 1. The topological polar surface area (TPSA) is 52.6 Å². The Morgan fingerprint density at radius 1 is 1.33 bits per heavy atom. The number of nitrogens with zero attached hydrogens (tertiary/aromatic N) is 1. The maximum atomic E-state index is 12.2. The summed E-state index contributed by atoms with van der Waals surface area (Å²) >= 11 is 0. The highest BCUT2D eigenvalue weighted by molar-refractivity contribution is 5.76. The maximum Gasteiger partial charge on any atom is 0.222 e. The van der Waals surface area contributed by atoms with Crippen LogP contribution in [0, 0.1) is 11.8 Å². The van der Waals surface area contributed by atoms with Crippen LogP contribution in [0.4, 0.5) is 0 Å². The van der Waals surface area contributed by atoms with Crippen molar-refractivity contribution in [3.8, 4) is 0 Å². The van der Waals surface area contributed by atoms with E-state index in [0.29, 0.717) is 12.5 Å². The monoisotopic (exact) mass is 296 g/mol. The molecule has 2 fully saturated rings. The van der Waals surface area contributed by atoms with E-state index < -0.39 is 0 Å². The van der Waals surface area contributed by atoms with Gasteiger partial charge in [-0.05, 0) is 44.6 Å². The van der Waals surface area contributed by atoms with Crippen molar-refractivity contribution < 1.29 is 9.90 Å². The predicted octanol–water partition coefficient (Wildman–Crippen LogP) is 2.16. The van der Waals surface area contributed by atoms with E-state index in [1.807, 2.05) is 18.7 Å². The molecule has 1 heterocycles. The van der Waals surface area contributed by atoms with E-state index in [2.05, 4.69) is 5.32 Å². The minimum Gasteiger partial charge on any atom is -0.393 e. The number of hydrogen-bond donors (Lipinski definition) is 2. The Morgan fingerprint density at radius 3 is 2.67 bits per heavy atom. The molecule has 2 N–H and O–H groups in total. The van der Waals surface area contributed by atoms with Gasteiger partial charge in [0.15, 0.2) is 0 Å². The normalized spacial score (nSPS) is 28.2. The molecular weight excluding hydrogens is 264 g/mol. The lowest BCUT2D eigenvalue weighted by atomic mass is 9.84. The summed E-state index contributed by atoms with van der Waals surface area (Å²) in [6, 6.07) is 0.353. The summed E-state index contributed by atoms with van der Waals surface area (Å²) in [4.78, 5) is 14.2. The van der Waals surface area contributed by atoms with Gasteiger partial charge in [-0.25, -0.2) is 0 Å². The molecule has 0 bridgehead atoms. The van der Waals surface area contributed by atoms with Crippen LogP contribution in [0.2, 0.25) is 0 Å². The molecule has 4 nitrogen and oxygen atoms in total. The fourth-order valence-corrected chi connectivity index (χ4v) is 3.50. The number of amides is 1. The molecule has 3 unspecified atom stereocenters. The Hall–Kier alpha value is -0.610. The van der Waals surface area contributed by atoms with Crippen molar-refractivity contribution in [3.63, 3.8) is 0 Å². The minimum atomic E-state index is -0.282. The molecule has 1 saturated heterocycles. The number of carbonyl (C=O) groups is 1. The van der Waals surface area contributed by atoms with Gasteiger partial charge in [-0.15, -0.1) is 0 Å². The summed E-state index contributed by atoms with van der Waals surface area (Å²) in [5, 5.41) is 13.9. The third kappa shape index (κ3) is 4.68. The second kappa shape index (κ2) is 8.14. The number of aliphatic hydroxyl groups is 1. The fourth-order valence-electron chi connectivity index (χ4n) is 3.50. The van der Waals surface area contributed by atoms with Crippen LogP contribution < -0.4 is 5.32 Å². The van der Waals surface area contributed by atoms with Gasteiger partial charge in [0, 0.05) is 31.5 Å². The lowest BCUT2D eigenvalue weighted by molar-refractivity contribution is -0.134. The number of piperidine rings is 1. The highest BCUT2D eigenvalue weighted by Gasteiger charge is 2.33. The van der Waals surface area contributed by atoms with Gasteiger partial charge >= 0.3 is 0 Å². The van der Waals surface area contributed by atoms with Gasteiger partial charge in [-0.2, -0.15) is 0 Å². The third-order valence-corrected chi connectivity index (χ3v) is 5.18. The average molecular weight is 296 g/mol. The Balaban J connectivity index is 1.90. The first-order valence-corrected chi connectivity index (χ1v) is 8.83. The highest BCUT2D eigenvalue weighted by Crippen LogP contribution is 2.27. The van der Waals surface area contributed by atoms with Gasteiger partial charge in [0.25, 0.3) is 0 Å². The van der Waals surface area contributed by atoms with Crippen molar-refractivity contribution in [2.75, 3.05) is 19.6 Å². The average Bonchev–Trinajstić information content (AvgIpc) is 2.44. The third-order valence-electron chi connectivity index (χ3n) is 5.18. The van der Waals surface area contributed by atoms with Crippen LogP contribution in [-0.2, 0) is 4.79 Å². The first-order valence-electron chi connectivity index (χ1n) is 8.83.